The van der Waals surface area contributed by atoms with Crippen molar-refractivity contribution >= 4 is 63.7 Å². The average molecular weight is 680 g/mol. The number of rotatable bonds is 10. The van der Waals surface area contributed by atoms with Crippen LogP contribution in [0.4, 0.5) is 15.4 Å². The van der Waals surface area contributed by atoms with E-state index in [4.69, 9.17) is 37.4 Å². The molecule has 242 valence electrons. The molecule has 0 aliphatic carbocycles. The molecule has 1 aromatic carbocycles. The number of aryl methyl sites for hydroxylation is 1. The minimum absolute atomic E-state index is 0.210. The van der Waals surface area contributed by atoms with E-state index in [0.29, 0.717) is 57.0 Å². The summed E-state index contributed by atoms with van der Waals surface area (Å²) < 4.78 is 18.7. The SMILES string of the molecule is Cc1nnc([C@@H](CCCOc2ccc(Cl)c(Cl)c2Cn2cnc3c(NC(=O)OC(C)(C)C)ncnc32)NC(=O)OC(C)(C)C)s1. The first-order valence-corrected chi connectivity index (χ1v) is 15.7. The van der Waals surface area contributed by atoms with Crippen LogP contribution in [0.5, 0.6) is 5.75 Å². The predicted molar refractivity (Wildman–Crippen MR) is 172 cm³/mol. The number of imidazole rings is 1. The lowest BCUT2D eigenvalue weighted by molar-refractivity contribution is 0.0498. The number of anilines is 1. The van der Waals surface area contributed by atoms with Gasteiger partial charge < -0.3 is 24.1 Å². The van der Waals surface area contributed by atoms with Gasteiger partial charge in [0.25, 0.3) is 0 Å². The molecule has 45 heavy (non-hydrogen) atoms. The Morgan fingerprint density at radius 2 is 1.71 bits per heavy atom. The van der Waals surface area contributed by atoms with Crippen LogP contribution in [0.1, 0.15) is 76.0 Å². The summed E-state index contributed by atoms with van der Waals surface area (Å²) in [5.74, 6) is 0.734. The normalized spacial score (nSPS) is 12.6. The lowest BCUT2D eigenvalue weighted by Gasteiger charge is -2.22. The van der Waals surface area contributed by atoms with Crippen LogP contribution in [0.15, 0.2) is 24.8 Å². The Kier molecular flexibility index (Phi) is 10.7. The van der Waals surface area contributed by atoms with Crippen molar-refractivity contribution < 1.29 is 23.8 Å². The largest absolute Gasteiger partial charge is 0.493 e. The highest BCUT2D eigenvalue weighted by Gasteiger charge is 2.24. The van der Waals surface area contributed by atoms with Crippen molar-refractivity contribution in [2.75, 3.05) is 11.9 Å². The summed E-state index contributed by atoms with van der Waals surface area (Å²) in [6.45, 7) is 13.1. The molecule has 2 N–H and O–H groups in total. The summed E-state index contributed by atoms with van der Waals surface area (Å²) in [4.78, 5) is 37.8. The van der Waals surface area contributed by atoms with Gasteiger partial charge in [0.05, 0.1) is 35.6 Å². The van der Waals surface area contributed by atoms with E-state index in [9.17, 15) is 9.59 Å². The van der Waals surface area contributed by atoms with Gasteiger partial charge in [0, 0.05) is 5.56 Å². The minimum atomic E-state index is -0.679. The number of ether oxygens (including phenoxy) is 3. The van der Waals surface area contributed by atoms with Gasteiger partial charge in [-0.1, -0.05) is 34.5 Å². The number of benzene rings is 1. The van der Waals surface area contributed by atoms with E-state index in [0.717, 1.165) is 5.01 Å². The van der Waals surface area contributed by atoms with Crippen LogP contribution in [-0.2, 0) is 16.0 Å². The third kappa shape index (κ3) is 9.62. The molecule has 0 saturated heterocycles. The third-order valence-corrected chi connectivity index (χ3v) is 7.72. The number of fused-ring (bicyclic) bond motifs is 1. The van der Waals surface area contributed by atoms with E-state index in [1.807, 2.05) is 6.92 Å². The zero-order valence-electron chi connectivity index (χ0n) is 26.1. The van der Waals surface area contributed by atoms with Gasteiger partial charge in [0.1, 0.15) is 33.3 Å². The number of hydrogen-bond donors (Lipinski definition) is 2. The van der Waals surface area contributed by atoms with Crippen LogP contribution < -0.4 is 15.4 Å². The quantitative estimate of drug-likeness (QED) is 0.166. The topological polar surface area (TPSA) is 155 Å². The van der Waals surface area contributed by atoms with Gasteiger partial charge in [-0.25, -0.2) is 24.5 Å². The third-order valence-electron chi connectivity index (χ3n) is 5.93. The van der Waals surface area contributed by atoms with Crippen LogP contribution in [0.3, 0.4) is 0 Å². The number of carbonyl (C=O) groups excluding carboxylic acids is 2. The van der Waals surface area contributed by atoms with E-state index >= 15 is 0 Å². The Labute approximate surface area is 275 Å². The zero-order chi connectivity index (χ0) is 32.9. The second-order valence-corrected chi connectivity index (χ2v) is 14.1. The number of nitrogens with one attached hydrogen (secondary N) is 2. The fourth-order valence-electron chi connectivity index (χ4n) is 4.15. The van der Waals surface area contributed by atoms with Gasteiger partial charge in [0.2, 0.25) is 0 Å². The molecule has 4 rings (SSSR count). The Bertz CT molecular complexity index is 1660. The molecular formula is C29H36Cl2N8O5S. The molecule has 3 heterocycles. The smallest absolute Gasteiger partial charge is 0.413 e. The summed E-state index contributed by atoms with van der Waals surface area (Å²) in [6, 6.07) is 3.01. The van der Waals surface area contributed by atoms with E-state index in [2.05, 4.69) is 35.8 Å². The highest BCUT2D eigenvalue weighted by molar-refractivity contribution is 7.11. The molecule has 0 aliphatic rings. The van der Waals surface area contributed by atoms with Gasteiger partial charge in [0.15, 0.2) is 17.0 Å². The molecule has 0 saturated carbocycles. The average Bonchev–Trinajstić information content (AvgIpc) is 3.54. The highest BCUT2D eigenvalue weighted by Crippen LogP contribution is 2.35. The Hall–Kier alpha value is -3.75. The van der Waals surface area contributed by atoms with Crippen molar-refractivity contribution in [3.63, 3.8) is 0 Å². The second-order valence-electron chi connectivity index (χ2n) is 12.1. The van der Waals surface area contributed by atoms with Gasteiger partial charge in [-0.15, -0.1) is 10.2 Å². The van der Waals surface area contributed by atoms with E-state index in [1.165, 1.54) is 17.7 Å². The van der Waals surface area contributed by atoms with Crippen LogP contribution in [0.25, 0.3) is 11.2 Å². The van der Waals surface area contributed by atoms with Crippen molar-refractivity contribution in [2.24, 2.45) is 0 Å². The molecule has 0 aliphatic heterocycles. The molecule has 16 heteroatoms. The molecule has 0 radical (unpaired) electrons. The van der Waals surface area contributed by atoms with Crippen LogP contribution >= 0.6 is 34.5 Å². The number of aromatic nitrogens is 6. The molecule has 0 spiro atoms. The molecule has 4 aromatic rings. The molecule has 0 bridgehead atoms. The fraction of sp³-hybridized carbons (Fsp3) is 0.483. The van der Waals surface area contributed by atoms with Crippen LogP contribution in [0, 0.1) is 6.92 Å². The predicted octanol–water partition coefficient (Wildman–Crippen LogP) is 7.11. The van der Waals surface area contributed by atoms with E-state index in [-0.39, 0.29) is 12.4 Å². The number of nitrogens with zero attached hydrogens (tertiary/aromatic N) is 6. The number of amides is 2. The first-order valence-electron chi connectivity index (χ1n) is 14.1. The van der Waals surface area contributed by atoms with Crippen molar-refractivity contribution in [1.29, 1.82) is 0 Å². The van der Waals surface area contributed by atoms with E-state index in [1.54, 1.807) is 64.6 Å². The number of alkyl carbamates (subject to hydrolysis) is 1. The Balaban J connectivity index is 1.47. The first kappa shape index (κ1) is 34.1. The van der Waals surface area contributed by atoms with Gasteiger partial charge in [-0.2, -0.15) is 0 Å². The van der Waals surface area contributed by atoms with Crippen molar-refractivity contribution in [2.45, 2.75) is 85.1 Å². The fourth-order valence-corrected chi connectivity index (χ4v) is 5.32. The van der Waals surface area contributed by atoms with Crippen molar-refractivity contribution in [1.82, 2.24) is 35.0 Å². The Morgan fingerprint density at radius 1 is 1.00 bits per heavy atom. The number of halogens is 2. The maximum atomic E-state index is 12.5. The molecular weight excluding hydrogens is 643 g/mol. The highest BCUT2D eigenvalue weighted by atomic mass is 35.5. The standard InChI is InChI=1S/C29H36Cl2N8O5S/c1-16-37-38-25(45-16)19(35-26(40)43-28(2,3)4)9-8-12-42-20-11-10-18(30)21(31)17(20)13-39-15-34-22-23(32-14-33-24(22)39)36-27(41)44-29(5,6)7/h10-11,14-15,19H,8-9,12-13H2,1-7H3,(H,35,40)(H,32,33,36,41)/t19-/m1/s1. The zero-order valence-corrected chi connectivity index (χ0v) is 28.4. The maximum Gasteiger partial charge on any atom is 0.413 e. The molecule has 3 aromatic heterocycles. The Morgan fingerprint density at radius 3 is 2.38 bits per heavy atom. The second kappa shape index (κ2) is 14.1. The first-order chi connectivity index (χ1) is 21.1. The summed E-state index contributed by atoms with van der Waals surface area (Å²) in [7, 11) is 0. The molecule has 0 fully saturated rings. The minimum Gasteiger partial charge on any atom is -0.493 e. The van der Waals surface area contributed by atoms with Gasteiger partial charge >= 0.3 is 12.2 Å². The van der Waals surface area contributed by atoms with Crippen molar-refractivity contribution in [3.05, 3.63) is 50.4 Å². The number of hydrogen-bond acceptors (Lipinski definition) is 11. The van der Waals surface area contributed by atoms with Crippen LogP contribution in [-0.4, -0.2) is 59.7 Å². The molecule has 13 nitrogen and oxygen atoms in total. The maximum absolute atomic E-state index is 12.5. The summed E-state index contributed by atoms with van der Waals surface area (Å²) in [5.41, 5.74) is 0.136. The van der Waals surface area contributed by atoms with E-state index < -0.39 is 29.4 Å². The van der Waals surface area contributed by atoms with Gasteiger partial charge in [-0.05, 0) is 73.4 Å². The summed E-state index contributed by atoms with van der Waals surface area (Å²) in [5, 5.41) is 16.0. The summed E-state index contributed by atoms with van der Waals surface area (Å²) >= 11 is 14.5. The molecule has 0 unspecified atom stereocenters. The summed E-state index contributed by atoms with van der Waals surface area (Å²) in [6.07, 6.45) is 2.80. The molecule has 1 atom stereocenters. The van der Waals surface area contributed by atoms with Crippen molar-refractivity contribution in [3.8, 4) is 5.75 Å². The lowest BCUT2D eigenvalue weighted by atomic mass is 10.1. The van der Waals surface area contributed by atoms with Gasteiger partial charge in [-0.3, -0.25) is 5.32 Å². The van der Waals surface area contributed by atoms with Crippen LogP contribution in [0.2, 0.25) is 10.0 Å². The lowest BCUT2D eigenvalue weighted by Crippen LogP contribution is -2.35. The molecule has 2 amide bonds. The number of carbonyl (C=O) groups is 2. The monoisotopic (exact) mass is 678 g/mol.